The fourth-order valence-electron chi connectivity index (χ4n) is 2.64. The van der Waals surface area contributed by atoms with Gasteiger partial charge in [0.1, 0.15) is 5.75 Å². The van der Waals surface area contributed by atoms with Crippen LogP contribution in [0.2, 0.25) is 0 Å². The number of rotatable bonds is 11. The van der Waals surface area contributed by atoms with E-state index in [-0.39, 0.29) is 12.5 Å². The minimum absolute atomic E-state index is 0.0395. The second-order valence-electron chi connectivity index (χ2n) is 7.79. The van der Waals surface area contributed by atoms with E-state index in [9.17, 15) is 4.79 Å². The number of aliphatic imine (C=N–C) groups is 1. The highest BCUT2D eigenvalue weighted by Crippen LogP contribution is 2.14. The molecular formula is C22H38N4O2. The summed E-state index contributed by atoms with van der Waals surface area (Å²) in [5.74, 6) is 2.20. The van der Waals surface area contributed by atoms with E-state index in [1.807, 2.05) is 24.3 Å². The minimum Gasteiger partial charge on any atom is -0.484 e. The summed E-state index contributed by atoms with van der Waals surface area (Å²) in [6.45, 7) is 10.2. The Hall–Kier alpha value is -2.24. The van der Waals surface area contributed by atoms with Crippen molar-refractivity contribution in [1.82, 2.24) is 15.5 Å². The van der Waals surface area contributed by atoms with E-state index in [0.717, 1.165) is 30.4 Å². The van der Waals surface area contributed by atoms with E-state index in [4.69, 9.17) is 9.73 Å². The molecule has 0 fully saturated rings. The van der Waals surface area contributed by atoms with Crippen molar-refractivity contribution in [2.45, 2.75) is 59.5 Å². The van der Waals surface area contributed by atoms with Crippen molar-refractivity contribution >= 4 is 11.9 Å². The molecule has 0 saturated carbocycles. The third kappa shape index (κ3) is 10.2. The topological polar surface area (TPSA) is 66.0 Å². The molecule has 6 nitrogen and oxygen atoms in total. The fraction of sp³-hybridized carbons (Fsp3) is 0.636. The van der Waals surface area contributed by atoms with Crippen LogP contribution in [-0.4, -0.2) is 50.1 Å². The molecule has 1 atom stereocenters. The van der Waals surface area contributed by atoms with Gasteiger partial charge in [0.15, 0.2) is 12.6 Å². The molecular weight excluding hydrogens is 352 g/mol. The quantitative estimate of drug-likeness (QED) is 0.449. The zero-order chi connectivity index (χ0) is 20.9. The van der Waals surface area contributed by atoms with Gasteiger partial charge in [0.05, 0.1) is 6.54 Å². The van der Waals surface area contributed by atoms with Gasteiger partial charge >= 0.3 is 0 Å². The van der Waals surface area contributed by atoms with E-state index in [1.54, 1.807) is 14.1 Å². The second-order valence-corrected chi connectivity index (χ2v) is 7.79. The number of likely N-dealkylation sites (N-methyl/N-ethyl adjacent to an activating group) is 1. The molecule has 1 rings (SSSR count). The standard InChI is InChI=1S/C22H38N4O2/c1-7-23-22(25-18(4)11-8-10-17(2)3)24-15-19-12-9-13-20(14-19)28-16-21(27)26(5)6/h9,12-14,17-18H,7-8,10-11,15-16H2,1-6H3,(H2,23,24,25). The monoisotopic (exact) mass is 390 g/mol. The summed E-state index contributed by atoms with van der Waals surface area (Å²) in [5.41, 5.74) is 1.04. The SMILES string of the molecule is CCNC(=NCc1cccc(OCC(=O)N(C)C)c1)NC(C)CCCC(C)C. The Bertz CT molecular complexity index is 614. The lowest BCUT2D eigenvalue weighted by Gasteiger charge is -2.18. The summed E-state index contributed by atoms with van der Waals surface area (Å²) in [6, 6.07) is 8.11. The van der Waals surface area contributed by atoms with Gasteiger partial charge < -0.3 is 20.3 Å². The summed E-state index contributed by atoms with van der Waals surface area (Å²) in [7, 11) is 3.44. The maximum Gasteiger partial charge on any atom is 0.259 e. The number of nitrogens with zero attached hydrogens (tertiary/aromatic N) is 2. The first-order valence-corrected chi connectivity index (χ1v) is 10.3. The summed E-state index contributed by atoms with van der Waals surface area (Å²) < 4.78 is 5.58. The Labute approximate surface area is 170 Å². The number of nitrogens with one attached hydrogen (secondary N) is 2. The molecule has 1 amide bonds. The molecule has 158 valence electrons. The lowest BCUT2D eigenvalue weighted by Crippen LogP contribution is -2.42. The Morgan fingerprint density at radius 3 is 2.61 bits per heavy atom. The first-order valence-electron chi connectivity index (χ1n) is 10.3. The van der Waals surface area contributed by atoms with Gasteiger partial charge in [-0.05, 0) is 43.9 Å². The molecule has 0 aliphatic carbocycles. The van der Waals surface area contributed by atoms with Crippen molar-refractivity contribution in [2.75, 3.05) is 27.2 Å². The number of ether oxygens (including phenoxy) is 1. The van der Waals surface area contributed by atoms with Crippen molar-refractivity contribution < 1.29 is 9.53 Å². The molecule has 28 heavy (non-hydrogen) atoms. The van der Waals surface area contributed by atoms with Crippen LogP contribution in [0.5, 0.6) is 5.75 Å². The van der Waals surface area contributed by atoms with Crippen LogP contribution in [0.1, 0.15) is 52.5 Å². The lowest BCUT2D eigenvalue weighted by atomic mass is 10.0. The molecule has 1 unspecified atom stereocenters. The highest BCUT2D eigenvalue weighted by molar-refractivity contribution is 5.80. The number of hydrogen-bond donors (Lipinski definition) is 2. The van der Waals surface area contributed by atoms with Crippen molar-refractivity contribution in [3.63, 3.8) is 0 Å². The smallest absolute Gasteiger partial charge is 0.259 e. The average molecular weight is 391 g/mol. The van der Waals surface area contributed by atoms with Gasteiger partial charge in [-0.25, -0.2) is 4.99 Å². The van der Waals surface area contributed by atoms with E-state index < -0.39 is 0 Å². The van der Waals surface area contributed by atoms with Crippen LogP contribution in [0, 0.1) is 5.92 Å². The third-order valence-electron chi connectivity index (χ3n) is 4.33. The van der Waals surface area contributed by atoms with Crippen LogP contribution in [0.3, 0.4) is 0 Å². The minimum atomic E-state index is -0.0616. The normalized spacial score (nSPS) is 12.6. The first kappa shape index (κ1) is 23.8. The summed E-state index contributed by atoms with van der Waals surface area (Å²) >= 11 is 0. The second kappa shape index (κ2) is 13.0. The molecule has 0 radical (unpaired) electrons. The van der Waals surface area contributed by atoms with Gasteiger partial charge in [0.25, 0.3) is 5.91 Å². The molecule has 2 N–H and O–H groups in total. The summed E-state index contributed by atoms with van der Waals surface area (Å²) in [5, 5.41) is 6.79. The van der Waals surface area contributed by atoms with E-state index in [0.29, 0.717) is 18.3 Å². The van der Waals surface area contributed by atoms with Crippen LogP contribution in [-0.2, 0) is 11.3 Å². The van der Waals surface area contributed by atoms with Crippen LogP contribution in [0.15, 0.2) is 29.3 Å². The number of guanidine groups is 1. The predicted molar refractivity (Wildman–Crippen MR) is 117 cm³/mol. The maximum absolute atomic E-state index is 11.7. The Kier molecular flexibility index (Phi) is 11.1. The number of amides is 1. The molecule has 1 aromatic carbocycles. The molecule has 0 spiro atoms. The van der Waals surface area contributed by atoms with E-state index in [2.05, 4.69) is 38.3 Å². The van der Waals surface area contributed by atoms with Crippen molar-refractivity contribution in [3.8, 4) is 5.75 Å². The molecule has 0 aliphatic rings. The summed E-state index contributed by atoms with van der Waals surface area (Å²) in [4.78, 5) is 17.9. The van der Waals surface area contributed by atoms with Crippen LogP contribution < -0.4 is 15.4 Å². The molecule has 0 aliphatic heterocycles. The van der Waals surface area contributed by atoms with Gasteiger partial charge in [0, 0.05) is 26.7 Å². The van der Waals surface area contributed by atoms with Crippen LogP contribution in [0.4, 0.5) is 0 Å². The van der Waals surface area contributed by atoms with E-state index >= 15 is 0 Å². The molecule has 0 bridgehead atoms. The largest absolute Gasteiger partial charge is 0.484 e. The van der Waals surface area contributed by atoms with Crippen LogP contribution >= 0.6 is 0 Å². The zero-order valence-electron chi connectivity index (χ0n) is 18.4. The number of benzene rings is 1. The van der Waals surface area contributed by atoms with Gasteiger partial charge in [-0.1, -0.05) is 38.8 Å². The lowest BCUT2D eigenvalue weighted by molar-refractivity contribution is -0.130. The van der Waals surface area contributed by atoms with Gasteiger partial charge in [0.2, 0.25) is 0 Å². The summed E-state index contributed by atoms with van der Waals surface area (Å²) in [6.07, 6.45) is 3.60. The van der Waals surface area contributed by atoms with Crippen molar-refractivity contribution in [3.05, 3.63) is 29.8 Å². The highest BCUT2D eigenvalue weighted by atomic mass is 16.5. The third-order valence-corrected chi connectivity index (χ3v) is 4.33. The van der Waals surface area contributed by atoms with Crippen LogP contribution in [0.25, 0.3) is 0 Å². The van der Waals surface area contributed by atoms with E-state index in [1.165, 1.54) is 17.7 Å². The maximum atomic E-state index is 11.7. The fourth-order valence-corrected chi connectivity index (χ4v) is 2.64. The average Bonchev–Trinajstić information content (AvgIpc) is 2.64. The Balaban J connectivity index is 2.61. The Morgan fingerprint density at radius 1 is 1.21 bits per heavy atom. The predicted octanol–water partition coefficient (Wildman–Crippen LogP) is 3.42. The zero-order valence-corrected chi connectivity index (χ0v) is 18.4. The first-order chi connectivity index (χ1) is 13.3. The van der Waals surface area contributed by atoms with Crippen molar-refractivity contribution in [2.24, 2.45) is 10.9 Å². The Morgan fingerprint density at radius 2 is 1.96 bits per heavy atom. The number of carbonyl (C=O) groups excluding carboxylic acids is 1. The number of hydrogen-bond acceptors (Lipinski definition) is 3. The molecule has 6 heteroatoms. The van der Waals surface area contributed by atoms with Gasteiger partial charge in [-0.2, -0.15) is 0 Å². The highest BCUT2D eigenvalue weighted by Gasteiger charge is 2.07. The molecule has 0 aromatic heterocycles. The molecule has 0 heterocycles. The van der Waals surface area contributed by atoms with Gasteiger partial charge in [-0.3, -0.25) is 4.79 Å². The molecule has 1 aromatic rings. The number of carbonyl (C=O) groups is 1. The molecule has 0 saturated heterocycles. The van der Waals surface area contributed by atoms with Gasteiger partial charge in [-0.15, -0.1) is 0 Å². The van der Waals surface area contributed by atoms with Crippen molar-refractivity contribution in [1.29, 1.82) is 0 Å².